The Bertz CT molecular complexity index is 1180. The molecule has 0 saturated heterocycles. The van der Waals surface area contributed by atoms with E-state index in [0.717, 1.165) is 5.56 Å². The van der Waals surface area contributed by atoms with Crippen LogP contribution in [0.15, 0.2) is 72.8 Å². The minimum absolute atomic E-state index is 0.0441. The van der Waals surface area contributed by atoms with Crippen LogP contribution in [-0.4, -0.2) is 16.8 Å². The van der Waals surface area contributed by atoms with E-state index in [1.165, 1.54) is 17.0 Å². The predicted molar refractivity (Wildman–Crippen MR) is 122 cm³/mol. The number of Topliss-reactive ketones (excluding diaryl/α,β-unsaturated/α-hetero) is 1. The Morgan fingerprint density at radius 1 is 1.00 bits per heavy atom. The maximum atomic E-state index is 13.7. The van der Waals surface area contributed by atoms with Crippen molar-refractivity contribution in [2.24, 2.45) is 0 Å². The lowest BCUT2D eigenvalue weighted by atomic mass is 9.85. The van der Waals surface area contributed by atoms with Crippen molar-refractivity contribution in [2.45, 2.75) is 44.8 Å². The highest BCUT2D eigenvalue weighted by Crippen LogP contribution is 2.43. The second kappa shape index (κ2) is 7.99. The number of nitrogens with zero attached hydrogens (tertiary/aromatic N) is 1. The molecule has 0 radical (unpaired) electrons. The van der Waals surface area contributed by atoms with Gasteiger partial charge in [-0.1, -0.05) is 75.4 Å². The third kappa shape index (κ3) is 3.96. The van der Waals surface area contributed by atoms with Gasteiger partial charge in [0.2, 0.25) is 0 Å². The minimum Gasteiger partial charge on any atom is -0.375 e. The van der Waals surface area contributed by atoms with Crippen molar-refractivity contribution in [1.82, 2.24) is 0 Å². The Hall–Kier alpha value is -3.31. The van der Waals surface area contributed by atoms with Crippen LogP contribution >= 0.6 is 0 Å². The zero-order chi connectivity index (χ0) is 23.1. The van der Waals surface area contributed by atoms with Gasteiger partial charge in [0.25, 0.3) is 5.91 Å². The zero-order valence-corrected chi connectivity index (χ0v) is 18.4. The van der Waals surface area contributed by atoms with Gasteiger partial charge in [-0.05, 0) is 34.7 Å². The molecule has 0 aromatic heterocycles. The summed E-state index contributed by atoms with van der Waals surface area (Å²) in [6.45, 7) is 6.37. The molecule has 0 spiro atoms. The van der Waals surface area contributed by atoms with E-state index >= 15 is 0 Å². The number of hydrogen-bond donors (Lipinski definition) is 1. The van der Waals surface area contributed by atoms with Gasteiger partial charge in [0.1, 0.15) is 5.82 Å². The second-order valence-corrected chi connectivity index (χ2v) is 9.33. The third-order valence-corrected chi connectivity index (χ3v) is 5.96. The van der Waals surface area contributed by atoms with Gasteiger partial charge >= 0.3 is 0 Å². The molecule has 3 aromatic carbocycles. The molecule has 1 N–H and O–H groups in total. The molecule has 1 atom stereocenters. The van der Waals surface area contributed by atoms with Gasteiger partial charge in [-0.25, -0.2) is 4.39 Å². The molecule has 1 aliphatic rings. The van der Waals surface area contributed by atoms with Crippen molar-refractivity contribution in [3.05, 3.63) is 101 Å². The van der Waals surface area contributed by atoms with Crippen LogP contribution in [0.1, 0.15) is 54.2 Å². The average Bonchev–Trinajstić information content (AvgIpc) is 2.95. The van der Waals surface area contributed by atoms with Crippen LogP contribution in [0.4, 0.5) is 10.1 Å². The molecule has 32 heavy (non-hydrogen) atoms. The number of carbonyl (C=O) groups is 2. The standard InChI is InChI=1S/C27H26FNO3/c1-26(2,3)20-13-11-19(12-14-20)24(30)16-27(32)22-9-4-5-10-23(22)29(25(27)31)17-18-7-6-8-21(28)15-18/h4-15,32H,16-17H2,1-3H3/t27-/m0/s1. The van der Waals surface area contributed by atoms with Crippen LogP contribution in [0.3, 0.4) is 0 Å². The molecule has 0 fully saturated rings. The summed E-state index contributed by atoms with van der Waals surface area (Å²) in [5.41, 5.74) is 1.04. The highest BCUT2D eigenvalue weighted by atomic mass is 19.1. The van der Waals surface area contributed by atoms with E-state index < -0.39 is 17.3 Å². The van der Waals surface area contributed by atoms with E-state index in [1.807, 2.05) is 12.1 Å². The third-order valence-electron chi connectivity index (χ3n) is 5.96. The SMILES string of the molecule is CC(C)(C)c1ccc(C(=O)C[C@@]2(O)C(=O)N(Cc3cccc(F)c3)c3ccccc32)cc1. The largest absolute Gasteiger partial charge is 0.375 e. The van der Waals surface area contributed by atoms with Gasteiger partial charge < -0.3 is 10.0 Å². The van der Waals surface area contributed by atoms with Gasteiger partial charge in [0.05, 0.1) is 18.7 Å². The number of aliphatic hydroxyl groups is 1. The fraction of sp³-hybridized carbons (Fsp3) is 0.259. The predicted octanol–water partition coefficient (Wildman–Crippen LogP) is 5.13. The fourth-order valence-corrected chi connectivity index (χ4v) is 4.14. The fourth-order valence-electron chi connectivity index (χ4n) is 4.14. The Morgan fingerprint density at radius 3 is 2.34 bits per heavy atom. The van der Waals surface area contributed by atoms with Gasteiger partial charge in [-0.2, -0.15) is 0 Å². The van der Waals surface area contributed by atoms with Crippen molar-refractivity contribution < 1.29 is 19.1 Å². The second-order valence-electron chi connectivity index (χ2n) is 9.33. The number of para-hydroxylation sites is 1. The lowest BCUT2D eigenvalue weighted by Crippen LogP contribution is -2.41. The molecule has 3 aromatic rings. The maximum Gasteiger partial charge on any atom is 0.264 e. The van der Waals surface area contributed by atoms with Crippen LogP contribution in [0.25, 0.3) is 0 Å². The first-order chi connectivity index (χ1) is 15.1. The van der Waals surface area contributed by atoms with E-state index in [0.29, 0.717) is 22.4 Å². The van der Waals surface area contributed by atoms with E-state index in [-0.39, 0.29) is 24.2 Å². The lowest BCUT2D eigenvalue weighted by Gasteiger charge is -2.23. The molecule has 0 saturated carbocycles. The number of rotatable bonds is 5. The number of fused-ring (bicyclic) bond motifs is 1. The molecule has 164 valence electrons. The van der Waals surface area contributed by atoms with Crippen molar-refractivity contribution >= 4 is 17.4 Å². The smallest absolute Gasteiger partial charge is 0.264 e. The highest BCUT2D eigenvalue weighted by molar-refractivity contribution is 6.10. The number of benzene rings is 3. The number of anilines is 1. The summed E-state index contributed by atoms with van der Waals surface area (Å²) in [6.07, 6.45) is -0.364. The first kappa shape index (κ1) is 21.9. The van der Waals surface area contributed by atoms with Gasteiger partial charge in [-0.15, -0.1) is 0 Å². The Morgan fingerprint density at radius 2 is 1.69 bits per heavy atom. The summed E-state index contributed by atoms with van der Waals surface area (Å²) in [4.78, 5) is 27.8. The molecular weight excluding hydrogens is 405 g/mol. The van der Waals surface area contributed by atoms with Crippen LogP contribution in [0.2, 0.25) is 0 Å². The van der Waals surface area contributed by atoms with Crippen molar-refractivity contribution in [1.29, 1.82) is 0 Å². The quantitative estimate of drug-likeness (QED) is 0.570. The summed E-state index contributed by atoms with van der Waals surface area (Å²) >= 11 is 0. The summed E-state index contributed by atoms with van der Waals surface area (Å²) in [5, 5.41) is 11.4. The molecule has 0 aliphatic carbocycles. The van der Waals surface area contributed by atoms with Crippen LogP contribution in [0.5, 0.6) is 0 Å². The van der Waals surface area contributed by atoms with Crippen molar-refractivity contribution in [3.8, 4) is 0 Å². The molecule has 1 amide bonds. The number of ketones is 1. The summed E-state index contributed by atoms with van der Waals surface area (Å²) in [6, 6.07) is 20.2. The highest BCUT2D eigenvalue weighted by Gasteiger charge is 2.50. The lowest BCUT2D eigenvalue weighted by molar-refractivity contribution is -0.136. The molecule has 0 unspecified atom stereocenters. The Labute approximate surface area is 187 Å². The van der Waals surface area contributed by atoms with Crippen LogP contribution < -0.4 is 4.90 Å². The van der Waals surface area contributed by atoms with Crippen molar-refractivity contribution in [2.75, 3.05) is 4.90 Å². The Balaban J connectivity index is 1.63. The summed E-state index contributed by atoms with van der Waals surface area (Å²) < 4.78 is 13.7. The zero-order valence-electron chi connectivity index (χ0n) is 18.4. The molecular formula is C27H26FNO3. The van der Waals surface area contributed by atoms with E-state index in [4.69, 9.17) is 0 Å². The van der Waals surface area contributed by atoms with Crippen molar-refractivity contribution in [3.63, 3.8) is 0 Å². The summed E-state index contributed by atoms with van der Waals surface area (Å²) in [7, 11) is 0. The van der Waals surface area contributed by atoms with Gasteiger partial charge in [-0.3, -0.25) is 9.59 Å². The van der Waals surface area contributed by atoms with Gasteiger partial charge in [0, 0.05) is 11.1 Å². The monoisotopic (exact) mass is 431 g/mol. The first-order valence-corrected chi connectivity index (χ1v) is 10.6. The topological polar surface area (TPSA) is 57.6 Å². The molecule has 1 heterocycles. The van der Waals surface area contributed by atoms with E-state index in [2.05, 4.69) is 20.8 Å². The Kier molecular flexibility index (Phi) is 5.47. The van der Waals surface area contributed by atoms with Crippen LogP contribution in [0, 0.1) is 5.82 Å². The number of amides is 1. The minimum atomic E-state index is -1.97. The molecule has 4 rings (SSSR count). The molecule has 4 nitrogen and oxygen atoms in total. The number of hydrogen-bond acceptors (Lipinski definition) is 3. The van der Waals surface area contributed by atoms with Crippen LogP contribution in [-0.2, 0) is 22.4 Å². The molecule has 5 heteroatoms. The molecule has 1 aliphatic heterocycles. The molecule has 0 bridgehead atoms. The van der Waals surface area contributed by atoms with E-state index in [9.17, 15) is 19.1 Å². The maximum absolute atomic E-state index is 13.7. The summed E-state index contributed by atoms with van der Waals surface area (Å²) in [5.74, 6) is -1.29. The first-order valence-electron chi connectivity index (χ1n) is 10.6. The number of halogens is 1. The van der Waals surface area contributed by atoms with Gasteiger partial charge in [0.15, 0.2) is 11.4 Å². The normalized spacial score (nSPS) is 18.0. The van der Waals surface area contributed by atoms with E-state index in [1.54, 1.807) is 48.5 Å². The average molecular weight is 432 g/mol. The number of carbonyl (C=O) groups excluding carboxylic acids is 2.